The zero-order valence-corrected chi connectivity index (χ0v) is 19.5. The Balaban J connectivity index is 1.53. The van der Waals surface area contributed by atoms with Gasteiger partial charge in [-0.15, -0.1) is 15.3 Å². The number of rotatable bonds is 18. The molecule has 12 heteroatoms. The molecule has 30 heavy (non-hydrogen) atoms. The Bertz CT molecular complexity index is 653. The summed E-state index contributed by atoms with van der Waals surface area (Å²) in [6, 6.07) is 0.914. The molecule has 2 aromatic rings. The van der Waals surface area contributed by atoms with E-state index in [0.29, 0.717) is 31.5 Å². The SMILES string of the molecule is CCO[Si](CCCCCCCCCCn1nnnc1-c1nn[nH]n1)(OCC)OCC. The zero-order valence-electron chi connectivity index (χ0n) is 18.5. The second-order valence-corrected chi connectivity index (χ2v) is 9.75. The van der Waals surface area contributed by atoms with Gasteiger partial charge in [-0.3, -0.25) is 0 Å². The first-order chi connectivity index (χ1) is 14.7. The van der Waals surface area contributed by atoms with E-state index in [-0.39, 0.29) is 0 Å². The molecule has 0 saturated carbocycles. The van der Waals surface area contributed by atoms with E-state index in [1.165, 1.54) is 32.1 Å². The highest BCUT2D eigenvalue weighted by molar-refractivity contribution is 6.60. The Hall–Kier alpha value is -1.76. The van der Waals surface area contributed by atoms with Gasteiger partial charge < -0.3 is 13.3 Å². The number of hydrogen-bond donors (Lipinski definition) is 1. The molecule has 0 radical (unpaired) electrons. The van der Waals surface area contributed by atoms with E-state index in [0.717, 1.165) is 31.9 Å². The van der Waals surface area contributed by atoms with Crippen LogP contribution < -0.4 is 0 Å². The van der Waals surface area contributed by atoms with Gasteiger partial charge in [-0.1, -0.05) is 38.5 Å². The number of nitrogens with zero attached hydrogens (tertiary/aromatic N) is 7. The highest BCUT2D eigenvalue weighted by Gasteiger charge is 2.39. The minimum absolute atomic E-state index is 0.421. The molecule has 0 amide bonds. The summed E-state index contributed by atoms with van der Waals surface area (Å²) in [5.74, 6) is 0.972. The molecule has 2 rings (SSSR count). The third-order valence-corrected chi connectivity index (χ3v) is 7.92. The molecular weight excluding hydrogens is 404 g/mol. The maximum atomic E-state index is 5.91. The summed E-state index contributed by atoms with van der Waals surface area (Å²) < 4.78 is 19.5. The van der Waals surface area contributed by atoms with Gasteiger partial charge in [0.05, 0.1) is 0 Å². The highest BCUT2D eigenvalue weighted by Crippen LogP contribution is 2.21. The molecule has 170 valence electrons. The van der Waals surface area contributed by atoms with Gasteiger partial charge in [0.1, 0.15) is 0 Å². The summed E-state index contributed by atoms with van der Waals surface area (Å²) in [4.78, 5) is 0. The van der Waals surface area contributed by atoms with Crippen molar-refractivity contribution in [3.05, 3.63) is 0 Å². The molecule has 0 saturated heterocycles. The predicted octanol–water partition coefficient (Wildman–Crippen LogP) is 3.02. The van der Waals surface area contributed by atoms with E-state index in [4.69, 9.17) is 13.3 Å². The van der Waals surface area contributed by atoms with Crippen molar-refractivity contribution in [2.75, 3.05) is 19.8 Å². The van der Waals surface area contributed by atoms with Crippen LogP contribution in [0.25, 0.3) is 11.6 Å². The summed E-state index contributed by atoms with van der Waals surface area (Å²) in [6.07, 6.45) is 9.44. The van der Waals surface area contributed by atoms with Crippen molar-refractivity contribution in [3.8, 4) is 11.6 Å². The van der Waals surface area contributed by atoms with Crippen LogP contribution in [-0.2, 0) is 19.8 Å². The van der Waals surface area contributed by atoms with E-state index in [9.17, 15) is 0 Å². The second-order valence-electron chi connectivity index (χ2n) is 7.02. The van der Waals surface area contributed by atoms with E-state index in [2.05, 4.69) is 36.1 Å². The summed E-state index contributed by atoms with van der Waals surface area (Å²) in [6.45, 7) is 8.71. The zero-order chi connectivity index (χ0) is 21.5. The van der Waals surface area contributed by atoms with Crippen LogP contribution in [0.3, 0.4) is 0 Å². The Kier molecular flexibility index (Phi) is 11.7. The maximum absolute atomic E-state index is 5.91. The minimum Gasteiger partial charge on any atom is -0.374 e. The summed E-state index contributed by atoms with van der Waals surface area (Å²) >= 11 is 0. The van der Waals surface area contributed by atoms with Crippen molar-refractivity contribution in [2.24, 2.45) is 0 Å². The molecule has 0 unspecified atom stereocenters. The van der Waals surface area contributed by atoms with Gasteiger partial charge in [0.2, 0.25) is 11.6 Å². The Labute approximate surface area is 179 Å². The Morgan fingerprint density at radius 1 is 0.800 bits per heavy atom. The molecule has 0 bridgehead atoms. The molecule has 2 heterocycles. The van der Waals surface area contributed by atoms with Gasteiger partial charge in [-0.05, 0) is 49.3 Å². The third-order valence-electron chi connectivity index (χ3n) is 4.77. The van der Waals surface area contributed by atoms with Crippen molar-refractivity contribution in [1.82, 2.24) is 40.8 Å². The third kappa shape index (κ3) is 8.17. The molecule has 0 aliphatic heterocycles. The van der Waals surface area contributed by atoms with E-state index in [1.807, 2.05) is 20.8 Å². The van der Waals surface area contributed by atoms with E-state index >= 15 is 0 Å². The fourth-order valence-electron chi connectivity index (χ4n) is 3.44. The molecule has 0 atom stereocenters. The van der Waals surface area contributed by atoms with E-state index in [1.54, 1.807) is 4.68 Å². The topological polar surface area (TPSA) is 126 Å². The van der Waals surface area contributed by atoms with Crippen LogP contribution in [0.1, 0.15) is 72.1 Å². The lowest BCUT2D eigenvalue weighted by atomic mass is 10.1. The standard InChI is InChI=1S/C18H36N8O3Si/c1-4-27-30(28-5-2,29-6-3)16-14-12-10-8-7-9-11-13-15-26-18(21-24-25-26)17-19-22-23-20-17/h4-16H2,1-3H3,(H,19,20,22,23). The second kappa shape index (κ2) is 14.3. The fourth-order valence-corrected chi connectivity index (χ4v) is 6.12. The van der Waals surface area contributed by atoms with Crippen LogP contribution in [0.4, 0.5) is 0 Å². The molecule has 11 nitrogen and oxygen atoms in total. The number of unbranched alkanes of at least 4 members (excludes halogenated alkanes) is 7. The van der Waals surface area contributed by atoms with Crippen LogP contribution in [0.15, 0.2) is 0 Å². The molecule has 0 aromatic carbocycles. The van der Waals surface area contributed by atoms with Crippen molar-refractivity contribution in [1.29, 1.82) is 0 Å². The van der Waals surface area contributed by atoms with Crippen molar-refractivity contribution < 1.29 is 13.3 Å². The van der Waals surface area contributed by atoms with Crippen LogP contribution in [-0.4, -0.2) is 69.5 Å². The largest absolute Gasteiger partial charge is 0.500 e. The lowest BCUT2D eigenvalue weighted by Gasteiger charge is -2.28. The number of hydrogen-bond acceptors (Lipinski definition) is 9. The van der Waals surface area contributed by atoms with Gasteiger partial charge in [0.15, 0.2) is 0 Å². The van der Waals surface area contributed by atoms with Crippen molar-refractivity contribution in [2.45, 2.75) is 84.7 Å². The average molecular weight is 441 g/mol. The Morgan fingerprint density at radius 2 is 1.40 bits per heavy atom. The van der Waals surface area contributed by atoms with Crippen molar-refractivity contribution in [3.63, 3.8) is 0 Å². The van der Waals surface area contributed by atoms with Crippen LogP contribution in [0.2, 0.25) is 6.04 Å². The first-order valence-corrected chi connectivity index (χ1v) is 13.1. The van der Waals surface area contributed by atoms with Crippen LogP contribution >= 0.6 is 0 Å². The molecule has 0 aliphatic rings. The van der Waals surface area contributed by atoms with Gasteiger partial charge in [-0.25, -0.2) is 4.68 Å². The first-order valence-electron chi connectivity index (χ1n) is 11.2. The number of aryl methyl sites for hydroxylation is 1. The van der Waals surface area contributed by atoms with Gasteiger partial charge in [-0.2, -0.15) is 5.21 Å². The lowest BCUT2D eigenvalue weighted by Crippen LogP contribution is -2.45. The lowest BCUT2D eigenvalue weighted by molar-refractivity contribution is 0.0706. The molecule has 0 aliphatic carbocycles. The quantitative estimate of drug-likeness (QED) is 0.275. The fraction of sp³-hybridized carbons (Fsp3) is 0.889. The average Bonchev–Trinajstić information content (AvgIpc) is 3.41. The molecular formula is C18H36N8O3Si. The normalized spacial score (nSPS) is 12.0. The molecule has 2 aromatic heterocycles. The van der Waals surface area contributed by atoms with Gasteiger partial charge in [0, 0.05) is 32.4 Å². The summed E-state index contributed by atoms with van der Waals surface area (Å²) in [5, 5.41) is 25.5. The number of H-pyrrole nitrogens is 1. The monoisotopic (exact) mass is 440 g/mol. The molecule has 0 spiro atoms. The number of aromatic nitrogens is 8. The summed E-state index contributed by atoms with van der Waals surface area (Å²) in [5.41, 5.74) is 0. The smallest absolute Gasteiger partial charge is 0.374 e. The van der Waals surface area contributed by atoms with Crippen LogP contribution in [0, 0.1) is 0 Å². The maximum Gasteiger partial charge on any atom is 0.500 e. The number of nitrogens with one attached hydrogen (secondary N) is 1. The van der Waals surface area contributed by atoms with Crippen molar-refractivity contribution >= 4 is 8.80 Å². The van der Waals surface area contributed by atoms with E-state index < -0.39 is 8.80 Å². The van der Waals surface area contributed by atoms with Crippen LogP contribution in [0.5, 0.6) is 0 Å². The predicted molar refractivity (Wildman–Crippen MR) is 113 cm³/mol. The number of tetrazole rings is 2. The first kappa shape index (κ1) is 24.5. The Morgan fingerprint density at radius 3 is 1.97 bits per heavy atom. The molecule has 0 fully saturated rings. The summed E-state index contributed by atoms with van der Waals surface area (Å²) in [7, 11) is -2.47. The number of aromatic amines is 1. The van der Waals surface area contributed by atoms with Gasteiger partial charge in [0.25, 0.3) is 0 Å². The van der Waals surface area contributed by atoms with Gasteiger partial charge >= 0.3 is 8.80 Å². The molecule has 1 N–H and O–H groups in total. The minimum atomic E-state index is -2.47. The highest BCUT2D eigenvalue weighted by atomic mass is 28.4.